The Kier molecular flexibility index (Phi) is 8.40. The number of aromatic nitrogens is 4. The van der Waals surface area contributed by atoms with Gasteiger partial charge in [0.15, 0.2) is 17.1 Å². The van der Waals surface area contributed by atoms with E-state index in [4.69, 9.17) is 19.6 Å². The van der Waals surface area contributed by atoms with Gasteiger partial charge < -0.3 is 24.6 Å². The molecule has 0 unspecified atom stereocenters. The van der Waals surface area contributed by atoms with Gasteiger partial charge in [-0.15, -0.1) is 0 Å². The van der Waals surface area contributed by atoms with Crippen LogP contribution < -0.4 is 14.8 Å². The molecule has 240 valence electrons. The summed E-state index contributed by atoms with van der Waals surface area (Å²) in [5.41, 5.74) is 5.26. The smallest absolute Gasteiger partial charge is 0.272 e. The van der Waals surface area contributed by atoms with E-state index in [-0.39, 0.29) is 17.5 Å². The van der Waals surface area contributed by atoms with Crippen LogP contribution >= 0.6 is 0 Å². The number of nitrogens with one attached hydrogen (secondary N) is 1. The van der Waals surface area contributed by atoms with E-state index >= 15 is 0 Å². The molecule has 11 heteroatoms. The largest absolute Gasteiger partial charge is 0.493 e. The van der Waals surface area contributed by atoms with Gasteiger partial charge in [0.1, 0.15) is 11.5 Å². The fraction of sp³-hybridized carbons (Fsp3) is 0.162. The zero-order chi connectivity index (χ0) is 33.0. The van der Waals surface area contributed by atoms with Crippen LogP contribution in [0.3, 0.4) is 0 Å². The maximum absolute atomic E-state index is 14.0. The minimum Gasteiger partial charge on any atom is -0.493 e. The van der Waals surface area contributed by atoms with E-state index in [9.17, 15) is 9.59 Å². The van der Waals surface area contributed by atoms with E-state index in [1.54, 1.807) is 52.9 Å². The van der Waals surface area contributed by atoms with Crippen molar-refractivity contribution in [1.29, 1.82) is 0 Å². The molecule has 0 bridgehead atoms. The molecule has 3 aromatic heterocycles. The minimum absolute atomic E-state index is 0.142. The Balaban J connectivity index is 1.15. The summed E-state index contributed by atoms with van der Waals surface area (Å²) in [6.07, 6.45) is 1.65. The van der Waals surface area contributed by atoms with E-state index < -0.39 is 0 Å². The molecule has 3 aromatic carbocycles. The number of anilines is 2. The van der Waals surface area contributed by atoms with Crippen LogP contribution in [-0.4, -0.2) is 81.6 Å². The van der Waals surface area contributed by atoms with Crippen molar-refractivity contribution >= 4 is 29.0 Å². The van der Waals surface area contributed by atoms with Crippen LogP contribution in [0.1, 0.15) is 20.8 Å². The summed E-state index contributed by atoms with van der Waals surface area (Å²) in [6, 6.07) is 32.2. The van der Waals surface area contributed by atoms with Crippen molar-refractivity contribution in [2.75, 3.05) is 45.7 Å². The summed E-state index contributed by atoms with van der Waals surface area (Å²) in [4.78, 5) is 40.3. The zero-order valence-electron chi connectivity index (χ0n) is 26.5. The molecule has 7 rings (SSSR count). The van der Waals surface area contributed by atoms with Crippen molar-refractivity contribution in [3.8, 4) is 34.0 Å². The Morgan fingerprint density at radius 2 is 1.40 bits per heavy atom. The summed E-state index contributed by atoms with van der Waals surface area (Å²) in [5, 5.41) is 8.11. The summed E-state index contributed by atoms with van der Waals surface area (Å²) in [6.45, 7) is 1.47. The predicted molar refractivity (Wildman–Crippen MR) is 183 cm³/mol. The van der Waals surface area contributed by atoms with Gasteiger partial charge in [-0.3, -0.25) is 9.59 Å². The number of piperazine rings is 1. The van der Waals surface area contributed by atoms with Crippen LogP contribution in [0.5, 0.6) is 11.5 Å². The van der Waals surface area contributed by atoms with Crippen molar-refractivity contribution in [1.82, 2.24) is 29.4 Å². The van der Waals surface area contributed by atoms with Gasteiger partial charge in [0.2, 0.25) is 0 Å². The monoisotopic (exact) mass is 639 g/mol. The molecular weight excluding hydrogens is 606 g/mol. The molecule has 48 heavy (non-hydrogen) atoms. The number of rotatable bonds is 8. The third-order valence-corrected chi connectivity index (χ3v) is 8.32. The molecule has 4 heterocycles. The van der Waals surface area contributed by atoms with Crippen LogP contribution in [0, 0.1) is 0 Å². The lowest BCUT2D eigenvalue weighted by atomic mass is 10.1. The number of para-hydroxylation sites is 1. The van der Waals surface area contributed by atoms with E-state index in [0.29, 0.717) is 60.4 Å². The molecule has 0 atom stereocenters. The molecule has 1 N–H and O–H groups in total. The maximum Gasteiger partial charge on any atom is 0.272 e. The highest BCUT2D eigenvalue weighted by atomic mass is 16.5. The predicted octanol–water partition coefficient (Wildman–Crippen LogP) is 5.82. The second kappa shape index (κ2) is 13.2. The Labute approximate surface area is 277 Å². The fourth-order valence-corrected chi connectivity index (χ4v) is 5.82. The number of ether oxygens (including phenoxy) is 2. The lowest BCUT2D eigenvalue weighted by Crippen LogP contribution is -2.50. The summed E-state index contributed by atoms with van der Waals surface area (Å²) in [7, 11) is 3.17. The number of nitrogens with zero attached hydrogens (tertiary/aromatic N) is 6. The second-order valence-electron chi connectivity index (χ2n) is 11.2. The summed E-state index contributed by atoms with van der Waals surface area (Å²) < 4.78 is 12.8. The van der Waals surface area contributed by atoms with Crippen molar-refractivity contribution < 1.29 is 19.1 Å². The Morgan fingerprint density at radius 3 is 2.10 bits per heavy atom. The average molecular weight is 640 g/mol. The highest BCUT2D eigenvalue weighted by molar-refractivity contribution is 6.00. The number of carbonyl (C=O) groups is 2. The molecule has 1 fully saturated rings. The van der Waals surface area contributed by atoms with Crippen molar-refractivity contribution in [3.05, 3.63) is 121 Å². The van der Waals surface area contributed by atoms with Gasteiger partial charge in [-0.1, -0.05) is 48.5 Å². The van der Waals surface area contributed by atoms with Crippen molar-refractivity contribution in [2.24, 2.45) is 0 Å². The molecule has 11 nitrogen and oxygen atoms in total. The topological polar surface area (TPSA) is 114 Å². The molecule has 2 amide bonds. The van der Waals surface area contributed by atoms with Gasteiger partial charge in [-0.25, -0.2) is 14.5 Å². The Hall–Kier alpha value is -6.23. The van der Waals surface area contributed by atoms with Crippen molar-refractivity contribution in [2.45, 2.75) is 0 Å². The first-order valence-corrected chi connectivity index (χ1v) is 15.6. The summed E-state index contributed by atoms with van der Waals surface area (Å²) >= 11 is 0. The SMILES string of the molecule is COc1ccc(-c2cc(C(=O)N3CCN(C(=O)c4cccnc4Nc4ccccc4)CC3)nc3cc(-c4ccccc4)nn23)cc1OC. The first kappa shape index (κ1) is 30.4. The number of amides is 2. The zero-order valence-corrected chi connectivity index (χ0v) is 26.5. The van der Waals surface area contributed by atoms with Crippen LogP contribution in [0.25, 0.3) is 28.2 Å². The molecular formula is C37H33N7O4. The molecule has 1 saturated heterocycles. The molecule has 0 spiro atoms. The number of hydrogen-bond donors (Lipinski definition) is 1. The van der Waals surface area contributed by atoms with E-state index in [0.717, 1.165) is 22.5 Å². The molecule has 1 aliphatic rings. The van der Waals surface area contributed by atoms with E-state index in [2.05, 4.69) is 10.3 Å². The molecule has 0 saturated carbocycles. The van der Waals surface area contributed by atoms with Crippen LogP contribution in [-0.2, 0) is 0 Å². The number of carbonyl (C=O) groups excluding carboxylic acids is 2. The number of pyridine rings is 1. The molecule has 0 aliphatic carbocycles. The average Bonchev–Trinajstić information content (AvgIpc) is 3.59. The summed E-state index contributed by atoms with van der Waals surface area (Å²) in [5.74, 6) is 1.27. The van der Waals surface area contributed by atoms with Gasteiger partial charge >= 0.3 is 0 Å². The first-order valence-electron chi connectivity index (χ1n) is 15.6. The lowest BCUT2D eigenvalue weighted by molar-refractivity contribution is 0.0533. The fourth-order valence-electron chi connectivity index (χ4n) is 5.82. The van der Waals surface area contributed by atoms with Gasteiger partial charge in [-0.05, 0) is 48.5 Å². The Morgan fingerprint density at radius 1 is 0.708 bits per heavy atom. The van der Waals surface area contributed by atoms with Crippen molar-refractivity contribution in [3.63, 3.8) is 0 Å². The lowest BCUT2D eigenvalue weighted by Gasteiger charge is -2.35. The van der Waals surface area contributed by atoms with Gasteiger partial charge in [-0.2, -0.15) is 5.10 Å². The van der Waals surface area contributed by atoms with Crippen LogP contribution in [0.4, 0.5) is 11.5 Å². The third kappa shape index (κ3) is 6.01. The van der Waals surface area contributed by atoms with Crippen LogP contribution in [0.15, 0.2) is 109 Å². The molecule has 0 radical (unpaired) electrons. The quantitative estimate of drug-likeness (QED) is 0.222. The van der Waals surface area contributed by atoms with Gasteiger partial charge in [0.25, 0.3) is 11.8 Å². The number of methoxy groups -OCH3 is 2. The molecule has 1 aliphatic heterocycles. The van der Waals surface area contributed by atoms with E-state index in [1.165, 1.54) is 0 Å². The van der Waals surface area contributed by atoms with E-state index in [1.807, 2.05) is 84.9 Å². The second-order valence-corrected chi connectivity index (χ2v) is 11.2. The van der Waals surface area contributed by atoms with Gasteiger partial charge in [0, 0.05) is 55.3 Å². The minimum atomic E-state index is -0.221. The Bertz CT molecular complexity index is 2090. The molecule has 6 aromatic rings. The van der Waals surface area contributed by atoms with Crippen LogP contribution in [0.2, 0.25) is 0 Å². The normalized spacial score (nSPS) is 13.0. The number of hydrogen-bond acceptors (Lipinski definition) is 8. The highest BCUT2D eigenvalue weighted by Gasteiger charge is 2.28. The number of benzene rings is 3. The number of fused-ring (bicyclic) bond motifs is 1. The standard InChI is InChI=1S/C37H33N7O4/c1-47-32-16-15-26(22-33(32)48-2)31-23-30(40-34-24-29(41-44(31)34)25-10-5-3-6-11-25)37(46)43-20-18-42(19-21-43)36(45)28-14-9-17-38-35(28)39-27-12-7-4-8-13-27/h3-17,22-24H,18-21H2,1-2H3,(H,38,39). The maximum atomic E-state index is 14.0. The highest BCUT2D eigenvalue weighted by Crippen LogP contribution is 2.33. The van der Waals surface area contributed by atoms with Gasteiger partial charge in [0.05, 0.1) is 31.2 Å². The third-order valence-electron chi connectivity index (χ3n) is 8.32. The first-order chi connectivity index (χ1) is 23.5.